The summed E-state index contributed by atoms with van der Waals surface area (Å²) in [5.41, 5.74) is -0.0995. The number of alkyl halides is 3. The van der Waals surface area contributed by atoms with Gasteiger partial charge >= 0.3 is 6.18 Å². The third-order valence-electron chi connectivity index (χ3n) is 2.66. The average molecular weight is 229 g/mol. The van der Waals surface area contributed by atoms with Crippen molar-refractivity contribution in [2.75, 3.05) is 6.54 Å². The molecule has 1 aliphatic rings. The fourth-order valence-corrected chi connectivity index (χ4v) is 1.81. The normalized spacial score (nSPS) is 20.9. The molecule has 1 amide bonds. The Hall–Kier alpha value is -1.52. The highest BCUT2D eigenvalue weighted by molar-refractivity contribution is 5.79. The molecule has 0 bridgehead atoms. The highest BCUT2D eigenvalue weighted by Crippen LogP contribution is 2.32. The number of carbonyl (C=O) groups excluding carboxylic acids is 1. The molecular weight excluding hydrogens is 219 g/mol. The largest absolute Gasteiger partial charge is 0.416 e. The van der Waals surface area contributed by atoms with Gasteiger partial charge in [-0.2, -0.15) is 13.2 Å². The van der Waals surface area contributed by atoms with Crippen LogP contribution in [-0.2, 0) is 11.0 Å². The first-order chi connectivity index (χ1) is 7.47. The SMILES string of the molecule is O=C1CC(c2cccc(C(F)(F)F)c2)CN1. The first-order valence-corrected chi connectivity index (χ1v) is 4.90. The second-order valence-corrected chi connectivity index (χ2v) is 3.83. The van der Waals surface area contributed by atoms with Gasteiger partial charge in [0.15, 0.2) is 0 Å². The molecule has 1 atom stereocenters. The first kappa shape index (κ1) is 11.0. The number of carbonyl (C=O) groups is 1. The standard InChI is InChI=1S/C11H10F3NO/c12-11(13,14)9-3-1-2-7(4-9)8-5-10(16)15-6-8/h1-4,8H,5-6H2,(H,15,16). The van der Waals surface area contributed by atoms with E-state index < -0.39 is 11.7 Å². The number of nitrogens with one attached hydrogen (secondary N) is 1. The van der Waals surface area contributed by atoms with Gasteiger partial charge in [-0.15, -0.1) is 0 Å². The molecule has 0 radical (unpaired) electrons. The van der Waals surface area contributed by atoms with E-state index in [0.29, 0.717) is 12.1 Å². The van der Waals surface area contributed by atoms with E-state index in [-0.39, 0.29) is 18.2 Å². The van der Waals surface area contributed by atoms with Gasteiger partial charge in [0, 0.05) is 18.9 Å². The third kappa shape index (κ3) is 2.18. The molecule has 1 unspecified atom stereocenters. The summed E-state index contributed by atoms with van der Waals surface area (Å²) >= 11 is 0. The van der Waals surface area contributed by atoms with Gasteiger partial charge in [-0.1, -0.05) is 18.2 Å². The van der Waals surface area contributed by atoms with Crippen molar-refractivity contribution in [1.29, 1.82) is 0 Å². The fraction of sp³-hybridized carbons (Fsp3) is 0.364. The molecule has 0 aliphatic carbocycles. The molecule has 0 saturated carbocycles. The maximum atomic E-state index is 12.4. The topological polar surface area (TPSA) is 29.1 Å². The zero-order valence-electron chi connectivity index (χ0n) is 8.34. The van der Waals surface area contributed by atoms with Gasteiger partial charge in [-0.3, -0.25) is 4.79 Å². The maximum absolute atomic E-state index is 12.4. The van der Waals surface area contributed by atoms with Gasteiger partial charge in [0.25, 0.3) is 0 Å². The number of rotatable bonds is 1. The smallest absolute Gasteiger partial charge is 0.355 e. The van der Waals surface area contributed by atoms with Gasteiger partial charge in [-0.05, 0) is 11.6 Å². The lowest BCUT2D eigenvalue weighted by Gasteiger charge is -2.11. The predicted octanol–water partition coefficient (Wildman–Crippen LogP) is 2.31. The highest BCUT2D eigenvalue weighted by atomic mass is 19.4. The van der Waals surface area contributed by atoms with Crippen molar-refractivity contribution in [2.45, 2.75) is 18.5 Å². The van der Waals surface area contributed by atoms with Crippen LogP contribution in [0.1, 0.15) is 23.5 Å². The van der Waals surface area contributed by atoms with Crippen LogP contribution in [0.25, 0.3) is 0 Å². The van der Waals surface area contributed by atoms with Gasteiger partial charge in [0.1, 0.15) is 0 Å². The van der Waals surface area contributed by atoms with E-state index in [4.69, 9.17) is 0 Å². The Morgan fingerprint density at radius 3 is 2.62 bits per heavy atom. The molecule has 5 heteroatoms. The monoisotopic (exact) mass is 229 g/mol. The van der Waals surface area contributed by atoms with Crippen molar-refractivity contribution in [2.24, 2.45) is 0 Å². The van der Waals surface area contributed by atoms with E-state index in [1.54, 1.807) is 6.07 Å². The van der Waals surface area contributed by atoms with Crippen LogP contribution in [0.15, 0.2) is 24.3 Å². The molecule has 0 spiro atoms. The van der Waals surface area contributed by atoms with E-state index in [0.717, 1.165) is 12.1 Å². The summed E-state index contributed by atoms with van der Waals surface area (Å²) in [7, 11) is 0. The third-order valence-corrected chi connectivity index (χ3v) is 2.66. The molecule has 2 nitrogen and oxygen atoms in total. The summed E-state index contributed by atoms with van der Waals surface area (Å²) in [5.74, 6) is -0.253. The summed E-state index contributed by atoms with van der Waals surface area (Å²) in [6.45, 7) is 0.417. The minimum atomic E-state index is -4.33. The molecule has 1 N–H and O–H groups in total. The van der Waals surface area contributed by atoms with E-state index in [1.807, 2.05) is 0 Å². The molecule has 1 aliphatic heterocycles. The molecule has 1 aromatic rings. The maximum Gasteiger partial charge on any atom is 0.416 e. The van der Waals surface area contributed by atoms with Crippen molar-refractivity contribution >= 4 is 5.91 Å². The minimum Gasteiger partial charge on any atom is -0.355 e. The fourth-order valence-electron chi connectivity index (χ4n) is 1.81. The molecular formula is C11H10F3NO. The van der Waals surface area contributed by atoms with Gasteiger partial charge in [0.2, 0.25) is 5.91 Å². The molecule has 1 aromatic carbocycles. The van der Waals surface area contributed by atoms with Crippen LogP contribution in [0, 0.1) is 0 Å². The molecule has 1 heterocycles. The lowest BCUT2D eigenvalue weighted by atomic mass is 9.96. The van der Waals surface area contributed by atoms with Crippen molar-refractivity contribution in [3.8, 4) is 0 Å². The van der Waals surface area contributed by atoms with Crippen LogP contribution in [0.3, 0.4) is 0 Å². The summed E-state index contributed by atoms with van der Waals surface area (Å²) < 4.78 is 37.3. The van der Waals surface area contributed by atoms with Crippen molar-refractivity contribution in [3.05, 3.63) is 35.4 Å². The first-order valence-electron chi connectivity index (χ1n) is 4.90. The van der Waals surface area contributed by atoms with Crippen LogP contribution in [0.4, 0.5) is 13.2 Å². The second kappa shape index (κ2) is 3.81. The highest BCUT2D eigenvalue weighted by Gasteiger charge is 2.31. The number of amides is 1. The molecule has 1 saturated heterocycles. The Bertz CT molecular complexity index is 414. The Kier molecular flexibility index (Phi) is 2.61. The van der Waals surface area contributed by atoms with Gasteiger partial charge < -0.3 is 5.32 Å². The van der Waals surface area contributed by atoms with Crippen LogP contribution in [0.2, 0.25) is 0 Å². The lowest BCUT2D eigenvalue weighted by molar-refractivity contribution is -0.137. The minimum absolute atomic E-state index is 0.109. The molecule has 2 rings (SSSR count). The van der Waals surface area contributed by atoms with Crippen LogP contribution >= 0.6 is 0 Å². The molecule has 86 valence electrons. The number of hydrogen-bond donors (Lipinski definition) is 1. The quantitative estimate of drug-likeness (QED) is 0.786. The molecule has 0 aromatic heterocycles. The number of halogens is 3. The molecule has 1 fully saturated rings. The zero-order valence-corrected chi connectivity index (χ0v) is 8.34. The van der Waals surface area contributed by atoms with E-state index in [9.17, 15) is 18.0 Å². The van der Waals surface area contributed by atoms with Crippen molar-refractivity contribution in [1.82, 2.24) is 5.32 Å². The van der Waals surface area contributed by atoms with Crippen LogP contribution in [0.5, 0.6) is 0 Å². The predicted molar refractivity (Wildman–Crippen MR) is 51.8 cm³/mol. The second-order valence-electron chi connectivity index (χ2n) is 3.83. The van der Waals surface area contributed by atoms with Crippen LogP contribution < -0.4 is 5.32 Å². The Morgan fingerprint density at radius 1 is 1.31 bits per heavy atom. The summed E-state index contributed by atoms with van der Waals surface area (Å²) in [6, 6.07) is 5.15. The van der Waals surface area contributed by atoms with E-state index in [1.165, 1.54) is 6.07 Å². The Morgan fingerprint density at radius 2 is 2.06 bits per heavy atom. The zero-order chi connectivity index (χ0) is 11.8. The summed E-state index contributed by atoms with van der Waals surface area (Å²) in [4.78, 5) is 11.0. The van der Waals surface area contributed by atoms with E-state index >= 15 is 0 Å². The number of hydrogen-bond acceptors (Lipinski definition) is 1. The van der Waals surface area contributed by atoms with Crippen LogP contribution in [-0.4, -0.2) is 12.5 Å². The molecule has 16 heavy (non-hydrogen) atoms. The van der Waals surface area contributed by atoms with Gasteiger partial charge in [0.05, 0.1) is 5.56 Å². The van der Waals surface area contributed by atoms with E-state index in [2.05, 4.69) is 5.32 Å². The summed E-state index contributed by atoms with van der Waals surface area (Å²) in [6.07, 6.45) is -4.06. The summed E-state index contributed by atoms with van der Waals surface area (Å²) in [5, 5.41) is 2.61. The Balaban J connectivity index is 2.26. The number of benzene rings is 1. The van der Waals surface area contributed by atoms with Crippen molar-refractivity contribution in [3.63, 3.8) is 0 Å². The van der Waals surface area contributed by atoms with Gasteiger partial charge in [-0.25, -0.2) is 0 Å². The van der Waals surface area contributed by atoms with Crippen molar-refractivity contribution < 1.29 is 18.0 Å². The average Bonchev–Trinajstić information content (AvgIpc) is 2.64. The Labute approximate surface area is 90.5 Å². The lowest BCUT2D eigenvalue weighted by Crippen LogP contribution is -2.13.